The van der Waals surface area contributed by atoms with E-state index in [1.54, 1.807) is 0 Å². The van der Waals surface area contributed by atoms with E-state index in [9.17, 15) is 0 Å². The van der Waals surface area contributed by atoms with Gasteiger partial charge in [0.2, 0.25) is 0 Å². The zero-order valence-electron chi connectivity index (χ0n) is 12.0. The van der Waals surface area contributed by atoms with Crippen molar-refractivity contribution in [2.45, 2.75) is 45.6 Å². The van der Waals surface area contributed by atoms with Crippen molar-refractivity contribution in [3.63, 3.8) is 0 Å². The highest BCUT2D eigenvalue weighted by Crippen LogP contribution is 2.47. The highest BCUT2D eigenvalue weighted by atomic mass is 79.9. The summed E-state index contributed by atoms with van der Waals surface area (Å²) >= 11 is 3.69. The summed E-state index contributed by atoms with van der Waals surface area (Å²) in [6, 6.07) is 0. The topological polar surface area (TPSA) is 29.9 Å². The standard InChI is InChI=1S/C15H24BrN3/c1-3-13-15(16)14(19(2)18-13)9-17-8-12-7-10-4-5-11(12)6-10/h10-12,17H,3-9H2,1-2H3. The van der Waals surface area contributed by atoms with E-state index >= 15 is 0 Å². The molecule has 3 atom stereocenters. The molecule has 2 aliphatic carbocycles. The van der Waals surface area contributed by atoms with Crippen LogP contribution in [0, 0.1) is 17.8 Å². The van der Waals surface area contributed by atoms with E-state index < -0.39 is 0 Å². The van der Waals surface area contributed by atoms with Crippen LogP contribution in [0.5, 0.6) is 0 Å². The molecule has 3 rings (SSSR count). The lowest BCUT2D eigenvalue weighted by Crippen LogP contribution is -2.27. The van der Waals surface area contributed by atoms with Crippen LogP contribution in [0.15, 0.2) is 4.47 Å². The Balaban J connectivity index is 1.54. The number of nitrogens with zero attached hydrogens (tertiary/aromatic N) is 2. The third-order valence-corrected chi connectivity index (χ3v) is 6.00. The molecule has 0 saturated heterocycles. The zero-order valence-corrected chi connectivity index (χ0v) is 13.5. The summed E-state index contributed by atoms with van der Waals surface area (Å²) in [4.78, 5) is 0. The van der Waals surface area contributed by atoms with Crippen LogP contribution < -0.4 is 5.32 Å². The fourth-order valence-corrected chi connectivity index (χ4v) is 4.77. The fourth-order valence-electron chi connectivity index (χ4n) is 4.01. The van der Waals surface area contributed by atoms with Gasteiger partial charge in [-0.25, -0.2) is 0 Å². The summed E-state index contributed by atoms with van der Waals surface area (Å²) in [5, 5.41) is 8.20. The molecule has 0 aliphatic heterocycles. The van der Waals surface area contributed by atoms with Crippen LogP contribution in [0.3, 0.4) is 0 Å². The van der Waals surface area contributed by atoms with E-state index in [4.69, 9.17) is 0 Å². The molecule has 1 N–H and O–H groups in total. The summed E-state index contributed by atoms with van der Waals surface area (Å²) < 4.78 is 3.20. The molecule has 1 aromatic heterocycles. The molecular weight excluding hydrogens is 302 g/mol. The Hall–Kier alpha value is -0.350. The minimum absolute atomic E-state index is 0.927. The number of aromatic nitrogens is 2. The SMILES string of the molecule is CCc1nn(C)c(CNCC2CC3CCC2C3)c1Br. The Kier molecular flexibility index (Phi) is 3.99. The lowest BCUT2D eigenvalue weighted by molar-refractivity contribution is 0.317. The van der Waals surface area contributed by atoms with E-state index in [2.05, 4.69) is 33.3 Å². The van der Waals surface area contributed by atoms with Crippen molar-refractivity contribution in [1.82, 2.24) is 15.1 Å². The lowest BCUT2D eigenvalue weighted by atomic mass is 9.89. The molecule has 0 amide bonds. The average molecular weight is 326 g/mol. The molecule has 0 spiro atoms. The van der Waals surface area contributed by atoms with Gasteiger partial charge in [-0.15, -0.1) is 0 Å². The quantitative estimate of drug-likeness (QED) is 0.900. The van der Waals surface area contributed by atoms with Gasteiger partial charge in [-0.1, -0.05) is 13.3 Å². The summed E-state index contributed by atoms with van der Waals surface area (Å²) in [6.07, 6.45) is 6.92. The van der Waals surface area contributed by atoms with E-state index in [1.807, 2.05) is 11.7 Å². The van der Waals surface area contributed by atoms with Crippen LogP contribution in [-0.2, 0) is 20.0 Å². The van der Waals surface area contributed by atoms with Crippen molar-refractivity contribution >= 4 is 15.9 Å². The second-order valence-electron chi connectivity index (χ2n) is 6.25. The van der Waals surface area contributed by atoms with Crippen molar-refractivity contribution in [3.8, 4) is 0 Å². The van der Waals surface area contributed by atoms with Gasteiger partial charge in [0.1, 0.15) is 0 Å². The van der Waals surface area contributed by atoms with Gasteiger partial charge in [-0.05, 0) is 65.9 Å². The Labute approximate surface area is 124 Å². The van der Waals surface area contributed by atoms with Crippen LogP contribution >= 0.6 is 15.9 Å². The highest BCUT2D eigenvalue weighted by molar-refractivity contribution is 9.10. The second kappa shape index (κ2) is 5.57. The van der Waals surface area contributed by atoms with Crippen molar-refractivity contribution in [2.75, 3.05) is 6.54 Å². The molecule has 1 aromatic rings. The second-order valence-corrected chi connectivity index (χ2v) is 7.04. The van der Waals surface area contributed by atoms with E-state index in [0.717, 1.165) is 30.7 Å². The molecule has 4 heteroatoms. The van der Waals surface area contributed by atoms with Crippen molar-refractivity contribution in [1.29, 1.82) is 0 Å². The summed E-state index contributed by atoms with van der Waals surface area (Å²) in [7, 11) is 2.04. The molecule has 19 heavy (non-hydrogen) atoms. The molecule has 0 radical (unpaired) electrons. The maximum atomic E-state index is 4.55. The molecule has 2 aliphatic rings. The van der Waals surface area contributed by atoms with Gasteiger partial charge in [0.25, 0.3) is 0 Å². The Morgan fingerprint density at radius 1 is 1.37 bits per heavy atom. The normalized spacial score (nSPS) is 29.3. The largest absolute Gasteiger partial charge is 0.311 e. The van der Waals surface area contributed by atoms with Gasteiger partial charge in [-0.3, -0.25) is 4.68 Å². The van der Waals surface area contributed by atoms with Gasteiger partial charge in [0.15, 0.2) is 0 Å². The lowest BCUT2D eigenvalue weighted by Gasteiger charge is -2.21. The number of rotatable bonds is 5. The number of aryl methyl sites for hydroxylation is 2. The maximum Gasteiger partial charge on any atom is 0.0767 e. The Morgan fingerprint density at radius 2 is 2.21 bits per heavy atom. The van der Waals surface area contributed by atoms with Gasteiger partial charge >= 0.3 is 0 Å². The predicted octanol–water partition coefficient (Wildman–Crippen LogP) is 3.27. The van der Waals surface area contributed by atoms with Gasteiger partial charge in [0, 0.05) is 13.6 Å². The number of fused-ring (bicyclic) bond motifs is 2. The first-order valence-electron chi connectivity index (χ1n) is 7.60. The van der Waals surface area contributed by atoms with Crippen LogP contribution in [0.2, 0.25) is 0 Å². The van der Waals surface area contributed by atoms with Crippen molar-refractivity contribution in [3.05, 3.63) is 15.9 Å². The minimum Gasteiger partial charge on any atom is -0.311 e. The van der Waals surface area contributed by atoms with E-state index in [-0.39, 0.29) is 0 Å². The third-order valence-electron chi connectivity index (χ3n) is 5.09. The van der Waals surface area contributed by atoms with Gasteiger partial charge in [0.05, 0.1) is 15.9 Å². The molecule has 2 saturated carbocycles. The molecule has 2 fully saturated rings. The zero-order chi connectivity index (χ0) is 13.4. The van der Waals surface area contributed by atoms with Crippen LogP contribution in [0.4, 0.5) is 0 Å². The predicted molar refractivity (Wildman–Crippen MR) is 80.9 cm³/mol. The van der Waals surface area contributed by atoms with Crippen molar-refractivity contribution in [2.24, 2.45) is 24.8 Å². The smallest absolute Gasteiger partial charge is 0.0767 e. The van der Waals surface area contributed by atoms with Gasteiger partial charge < -0.3 is 5.32 Å². The molecule has 2 bridgehead atoms. The number of nitrogens with one attached hydrogen (secondary N) is 1. The number of hydrogen-bond donors (Lipinski definition) is 1. The molecule has 1 heterocycles. The van der Waals surface area contributed by atoms with Crippen LogP contribution in [-0.4, -0.2) is 16.3 Å². The molecule has 106 valence electrons. The summed E-state index contributed by atoms with van der Waals surface area (Å²) in [5.41, 5.74) is 2.44. The molecule has 0 aromatic carbocycles. The summed E-state index contributed by atoms with van der Waals surface area (Å²) in [5.74, 6) is 2.99. The highest BCUT2D eigenvalue weighted by Gasteiger charge is 2.38. The Bertz CT molecular complexity index is 454. The Morgan fingerprint density at radius 3 is 2.79 bits per heavy atom. The maximum absolute atomic E-state index is 4.55. The van der Waals surface area contributed by atoms with Gasteiger partial charge in [-0.2, -0.15) is 5.10 Å². The van der Waals surface area contributed by atoms with Crippen LogP contribution in [0.25, 0.3) is 0 Å². The number of halogens is 1. The van der Waals surface area contributed by atoms with Crippen LogP contribution in [0.1, 0.15) is 44.0 Å². The van der Waals surface area contributed by atoms with E-state index in [1.165, 1.54) is 48.1 Å². The minimum atomic E-state index is 0.927. The third kappa shape index (κ3) is 2.62. The average Bonchev–Trinajstić information content (AvgIpc) is 3.07. The fraction of sp³-hybridized carbons (Fsp3) is 0.800. The van der Waals surface area contributed by atoms with E-state index in [0.29, 0.717) is 0 Å². The first-order valence-corrected chi connectivity index (χ1v) is 8.39. The molecule has 3 unspecified atom stereocenters. The summed E-state index contributed by atoms with van der Waals surface area (Å²) in [6.45, 7) is 4.26. The van der Waals surface area contributed by atoms with Crippen molar-refractivity contribution < 1.29 is 0 Å². The molecule has 3 nitrogen and oxygen atoms in total. The number of hydrogen-bond acceptors (Lipinski definition) is 2. The first kappa shape index (κ1) is 13.6. The monoisotopic (exact) mass is 325 g/mol. The first-order chi connectivity index (χ1) is 9.19. The molecular formula is C15H24BrN3.